The Kier molecular flexibility index (Phi) is 4.45. The van der Waals surface area contributed by atoms with Crippen LogP contribution in [0.5, 0.6) is 0 Å². The molecule has 0 saturated carbocycles. The van der Waals surface area contributed by atoms with E-state index in [-0.39, 0.29) is 24.0 Å². The zero-order valence-electron chi connectivity index (χ0n) is 10.3. The number of rotatable bonds is 3. The summed E-state index contributed by atoms with van der Waals surface area (Å²) < 4.78 is 64.0. The standard InChI is InChI=1S/C12H11F5N2/c1-3-6-7(4-2)10(12(15,16)17)19-9(11(13)14)8(6)5-18/h11H,3-4H2,1-2H3. The SMILES string of the molecule is CCc1c(C(F)(F)F)nc(C(F)F)c(C#N)c1CC. The van der Waals surface area contributed by atoms with Crippen LogP contribution in [0, 0.1) is 11.3 Å². The second-order valence-corrected chi connectivity index (χ2v) is 3.80. The molecule has 1 aromatic heterocycles. The summed E-state index contributed by atoms with van der Waals surface area (Å²) in [6.07, 6.45) is -7.99. The predicted molar refractivity (Wildman–Crippen MR) is 57.7 cm³/mol. The average Bonchev–Trinajstić information content (AvgIpc) is 2.34. The number of alkyl halides is 5. The maximum absolute atomic E-state index is 12.8. The largest absolute Gasteiger partial charge is 0.433 e. The van der Waals surface area contributed by atoms with E-state index in [1.54, 1.807) is 0 Å². The van der Waals surface area contributed by atoms with E-state index in [9.17, 15) is 22.0 Å². The monoisotopic (exact) mass is 278 g/mol. The number of nitrogens with zero attached hydrogens (tertiary/aromatic N) is 2. The quantitative estimate of drug-likeness (QED) is 0.782. The van der Waals surface area contributed by atoms with Crippen molar-refractivity contribution < 1.29 is 22.0 Å². The topological polar surface area (TPSA) is 36.7 Å². The van der Waals surface area contributed by atoms with E-state index >= 15 is 0 Å². The summed E-state index contributed by atoms with van der Waals surface area (Å²) in [5.74, 6) is 0. The Morgan fingerprint density at radius 3 is 2.00 bits per heavy atom. The van der Waals surface area contributed by atoms with Crippen molar-refractivity contribution in [1.29, 1.82) is 5.26 Å². The van der Waals surface area contributed by atoms with Crippen molar-refractivity contribution >= 4 is 0 Å². The molecule has 0 aliphatic carbocycles. The molecule has 19 heavy (non-hydrogen) atoms. The predicted octanol–water partition coefficient (Wildman–Crippen LogP) is 4.03. The second-order valence-electron chi connectivity index (χ2n) is 3.80. The number of halogens is 5. The van der Waals surface area contributed by atoms with Crippen LogP contribution in [0.4, 0.5) is 22.0 Å². The van der Waals surface area contributed by atoms with Crippen LogP contribution < -0.4 is 0 Å². The fourth-order valence-corrected chi connectivity index (χ4v) is 1.98. The Hall–Kier alpha value is -1.71. The van der Waals surface area contributed by atoms with Crippen molar-refractivity contribution in [2.45, 2.75) is 39.3 Å². The van der Waals surface area contributed by atoms with Gasteiger partial charge in [0.25, 0.3) is 6.43 Å². The minimum Gasteiger partial charge on any atom is -0.241 e. The molecular weight excluding hydrogens is 267 g/mol. The van der Waals surface area contributed by atoms with Crippen molar-refractivity contribution in [3.8, 4) is 6.07 Å². The molecule has 0 aromatic carbocycles. The summed E-state index contributed by atoms with van der Waals surface area (Å²) >= 11 is 0. The molecule has 0 N–H and O–H groups in total. The fraction of sp³-hybridized carbons (Fsp3) is 0.500. The molecule has 1 heterocycles. The molecule has 104 valence electrons. The molecule has 1 aromatic rings. The third-order valence-electron chi connectivity index (χ3n) is 2.73. The summed E-state index contributed by atoms with van der Waals surface area (Å²) in [6.45, 7) is 2.99. The molecule has 2 nitrogen and oxygen atoms in total. The van der Waals surface area contributed by atoms with Gasteiger partial charge in [0, 0.05) is 0 Å². The maximum atomic E-state index is 12.8. The fourth-order valence-electron chi connectivity index (χ4n) is 1.98. The summed E-state index contributed by atoms with van der Waals surface area (Å²) in [5, 5.41) is 8.89. The Balaban J connectivity index is 3.78. The molecule has 0 fully saturated rings. The second kappa shape index (κ2) is 5.51. The van der Waals surface area contributed by atoms with E-state index in [4.69, 9.17) is 5.26 Å². The number of pyridine rings is 1. The number of hydrogen-bond acceptors (Lipinski definition) is 2. The number of hydrogen-bond donors (Lipinski definition) is 0. The van der Waals surface area contributed by atoms with E-state index in [0.29, 0.717) is 0 Å². The van der Waals surface area contributed by atoms with Crippen LogP contribution in [0.25, 0.3) is 0 Å². The first kappa shape index (κ1) is 15.3. The van der Waals surface area contributed by atoms with Crippen molar-refractivity contribution in [1.82, 2.24) is 4.98 Å². The van der Waals surface area contributed by atoms with Gasteiger partial charge in [-0.05, 0) is 24.0 Å². The minimum absolute atomic E-state index is 0.00243. The van der Waals surface area contributed by atoms with E-state index in [2.05, 4.69) is 4.98 Å². The molecule has 0 amide bonds. The van der Waals surface area contributed by atoms with Gasteiger partial charge in [0.2, 0.25) is 0 Å². The highest BCUT2D eigenvalue weighted by atomic mass is 19.4. The first-order chi connectivity index (χ1) is 8.77. The van der Waals surface area contributed by atoms with Gasteiger partial charge in [-0.25, -0.2) is 13.8 Å². The van der Waals surface area contributed by atoms with Crippen LogP contribution in [0.2, 0.25) is 0 Å². The van der Waals surface area contributed by atoms with E-state index < -0.39 is 29.6 Å². The van der Waals surface area contributed by atoms with Crippen molar-refractivity contribution in [2.24, 2.45) is 0 Å². The van der Waals surface area contributed by atoms with Gasteiger partial charge in [-0.2, -0.15) is 18.4 Å². The van der Waals surface area contributed by atoms with Crippen LogP contribution in [0.3, 0.4) is 0 Å². The highest BCUT2D eigenvalue weighted by Crippen LogP contribution is 2.36. The lowest BCUT2D eigenvalue weighted by molar-refractivity contribution is -0.142. The van der Waals surface area contributed by atoms with Gasteiger partial charge in [-0.1, -0.05) is 13.8 Å². The van der Waals surface area contributed by atoms with Gasteiger partial charge in [-0.15, -0.1) is 0 Å². The summed E-state index contributed by atoms with van der Waals surface area (Å²) in [6, 6.07) is 1.54. The molecule has 0 radical (unpaired) electrons. The van der Waals surface area contributed by atoms with Crippen LogP contribution in [0.1, 0.15) is 48.4 Å². The minimum atomic E-state index is -4.81. The Labute approximate surface area is 106 Å². The van der Waals surface area contributed by atoms with Crippen molar-refractivity contribution in [3.63, 3.8) is 0 Å². The molecule has 0 bridgehead atoms. The highest BCUT2D eigenvalue weighted by Gasteiger charge is 2.38. The van der Waals surface area contributed by atoms with Crippen LogP contribution >= 0.6 is 0 Å². The molecule has 0 spiro atoms. The summed E-state index contributed by atoms with van der Waals surface area (Å²) in [4.78, 5) is 3.00. The maximum Gasteiger partial charge on any atom is 0.433 e. The molecule has 0 saturated heterocycles. The molecule has 7 heteroatoms. The van der Waals surface area contributed by atoms with Gasteiger partial charge in [-0.3, -0.25) is 0 Å². The van der Waals surface area contributed by atoms with E-state index in [1.807, 2.05) is 0 Å². The normalized spacial score (nSPS) is 11.7. The molecule has 1 rings (SSSR count). The van der Waals surface area contributed by atoms with Gasteiger partial charge in [0.1, 0.15) is 17.5 Å². The Morgan fingerprint density at radius 1 is 1.16 bits per heavy atom. The van der Waals surface area contributed by atoms with Gasteiger partial charge in [0.05, 0.1) is 5.56 Å². The Bertz CT molecular complexity index is 514. The average molecular weight is 278 g/mol. The third kappa shape index (κ3) is 2.83. The lowest BCUT2D eigenvalue weighted by Gasteiger charge is -2.18. The van der Waals surface area contributed by atoms with Crippen LogP contribution in [-0.2, 0) is 19.0 Å². The van der Waals surface area contributed by atoms with Crippen LogP contribution in [0.15, 0.2) is 0 Å². The van der Waals surface area contributed by atoms with Crippen LogP contribution in [-0.4, -0.2) is 4.98 Å². The number of aromatic nitrogens is 1. The zero-order chi connectivity index (χ0) is 14.8. The van der Waals surface area contributed by atoms with E-state index in [0.717, 1.165) is 0 Å². The highest BCUT2D eigenvalue weighted by molar-refractivity contribution is 5.48. The van der Waals surface area contributed by atoms with Crippen molar-refractivity contribution in [2.75, 3.05) is 0 Å². The lowest BCUT2D eigenvalue weighted by Crippen LogP contribution is -2.17. The molecule has 0 atom stereocenters. The van der Waals surface area contributed by atoms with E-state index in [1.165, 1.54) is 19.9 Å². The molecule has 0 aliphatic heterocycles. The van der Waals surface area contributed by atoms with Gasteiger partial charge in [0.15, 0.2) is 0 Å². The first-order valence-electron chi connectivity index (χ1n) is 5.58. The van der Waals surface area contributed by atoms with Gasteiger partial charge < -0.3 is 0 Å². The van der Waals surface area contributed by atoms with Gasteiger partial charge >= 0.3 is 6.18 Å². The van der Waals surface area contributed by atoms with Crippen molar-refractivity contribution in [3.05, 3.63) is 28.1 Å². The third-order valence-corrected chi connectivity index (χ3v) is 2.73. The Morgan fingerprint density at radius 2 is 1.68 bits per heavy atom. The number of nitriles is 1. The molecule has 0 unspecified atom stereocenters. The molecular formula is C12H11F5N2. The summed E-state index contributed by atoms with van der Waals surface area (Å²) in [5.41, 5.74) is -3.04. The summed E-state index contributed by atoms with van der Waals surface area (Å²) in [7, 11) is 0. The first-order valence-corrected chi connectivity index (χ1v) is 5.58. The lowest BCUT2D eigenvalue weighted by atomic mass is 9.95. The molecule has 0 aliphatic rings. The smallest absolute Gasteiger partial charge is 0.241 e. The zero-order valence-corrected chi connectivity index (χ0v) is 10.3.